The lowest BCUT2D eigenvalue weighted by atomic mass is 9.51. The summed E-state index contributed by atoms with van der Waals surface area (Å²) < 4.78 is 16.9. The minimum Gasteiger partial charge on any atom is -0.511 e. The molecule has 0 spiro atoms. The van der Waals surface area contributed by atoms with Crippen molar-refractivity contribution < 1.29 is 13.7 Å². The zero-order valence-corrected chi connectivity index (χ0v) is 15.6. The second kappa shape index (κ2) is 7.58. The third kappa shape index (κ3) is 3.44. The summed E-state index contributed by atoms with van der Waals surface area (Å²) in [6, 6.07) is 0. The van der Waals surface area contributed by atoms with E-state index in [1.807, 2.05) is 13.8 Å². The molecule has 0 aliphatic rings. The molecule has 3 nitrogen and oxygen atoms in total. The van der Waals surface area contributed by atoms with Crippen LogP contribution < -0.4 is 0 Å². The minimum atomic E-state index is -2.95. The molecule has 3 atom stereocenters. The second-order valence-corrected chi connectivity index (χ2v) is 7.48. The number of hydrogen-bond donors (Lipinski definition) is 1. The van der Waals surface area contributed by atoms with E-state index in [9.17, 15) is 9.26 Å². The smallest absolute Gasteiger partial charge is 0.511 e. The van der Waals surface area contributed by atoms with Gasteiger partial charge in [0.15, 0.2) is 0 Å². The van der Waals surface area contributed by atoms with Crippen LogP contribution in [-0.2, 0) is 8.89 Å². The SMILES string of the molecule is CCC(C)C(C(C)CC)(C(C)CC)C(C)(C)O[Si](=O)O. The third-order valence-electron chi connectivity index (χ3n) is 5.67. The zero-order valence-electron chi connectivity index (χ0n) is 14.6. The summed E-state index contributed by atoms with van der Waals surface area (Å²) in [6.45, 7) is 17.4. The van der Waals surface area contributed by atoms with E-state index in [-0.39, 0.29) is 5.41 Å². The Labute approximate surface area is 127 Å². The van der Waals surface area contributed by atoms with Gasteiger partial charge in [0.2, 0.25) is 0 Å². The molecule has 4 heteroatoms. The van der Waals surface area contributed by atoms with Gasteiger partial charge >= 0.3 is 9.17 Å². The van der Waals surface area contributed by atoms with Gasteiger partial charge in [-0.3, -0.25) is 4.46 Å². The lowest BCUT2D eigenvalue weighted by Crippen LogP contribution is -2.58. The molecule has 0 aliphatic heterocycles. The van der Waals surface area contributed by atoms with Crippen molar-refractivity contribution in [2.45, 2.75) is 80.3 Å². The van der Waals surface area contributed by atoms with Crippen LogP contribution in [0.3, 0.4) is 0 Å². The van der Waals surface area contributed by atoms with E-state index >= 15 is 0 Å². The Bertz CT molecular complexity index is 288. The number of rotatable bonds is 9. The molecule has 120 valence electrons. The fourth-order valence-electron chi connectivity index (χ4n) is 4.56. The van der Waals surface area contributed by atoms with Gasteiger partial charge in [-0.2, -0.15) is 0 Å². The van der Waals surface area contributed by atoms with Gasteiger partial charge in [0.25, 0.3) is 0 Å². The highest BCUT2D eigenvalue weighted by molar-refractivity contribution is 6.24. The van der Waals surface area contributed by atoms with Crippen LogP contribution in [-0.4, -0.2) is 19.6 Å². The van der Waals surface area contributed by atoms with Crippen molar-refractivity contribution in [2.75, 3.05) is 0 Å². The summed E-state index contributed by atoms with van der Waals surface area (Å²) in [7, 11) is -2.95. The Hall–Kier alpha value is -0.383. The van der Waals surface area contributed by atoms with E-state index in [4.69, 9.17) is 4.43 Å². The molecule has 3 unspecified atom stereocenters. The van der Waals surface area contributed by atoms with Crippen molar-refractivity contribution >= 4 is 9.17 Å². The first kappa shape index (κ1) is 19.6. The molecule has 0 aliphatic carbocycles. The Kier molecular flexibility index (Phi) is 7.43. The van der Waals surface area contributed by atoms with E-state index < -0.39 is 14.8 Å². The topological polar surface area (TPSA) is 46.5 Å². The molecule has 0 aromatic rings. The summed E-state index contributed by atoms with van der Waals surface area (Å²) in [5, 5.41) is 0. The predicted octanol–water partition coefficient (Wildman–Crippen LogP) is 4.31. The molecule has 0 amide bonds. The maximum Gasteiger partial charge on any atom is 0.765 e. The van der Waals surface area contributed by atoms with Gasteiger partial charge < -0.3 is 9.22 Å². The quantitative estimate of drug-likeness (QED) is 0.645. The average Bonchev–Trinajstić information content (AvgIpc) is 2.36. The summed E-state index contributed by atoms with van der Waals surface area (Å²) in [6.07, 6.45) is 3.15. The molecule has 0 aromatic carbocycles. The fraction of sp³-hybridized carbons (Fsp3) is 1.00. The summed E-state index contributed by atoms with van der Waals surface area (Å²) >= 11 is 0. The number of hydrogen-bond acceptors (Lipinski definition) is 2. The van der Waals surface area contributed by atoms with Crippen LogP contribution in [0, 0.1) is 23.2 Å². The predicted molar refractivity (Wildman–Crippen MR) is 84.6 cm³/mol. The van der Waals surface area contributed by atoms with Crippen molar-refractivity contribution in [3.8, 4) is 0 Å². The molecule has 1 N–H and O–H groups in total. The van der Waals surface area contributed by atoms with E-state index in [0.717, 1.165) is 19.3 Å². The molecule has 0 fully saturated rings. The van der Waals surface area contributed by atoms with E-state index in [1.165, 1.54) is 0 Å². The molecule has 0 bridgehead atoms. The fourth-order valence-corrected chi connectivity index (χ4v) is 5.17. The highest BCUT2D eigenvalue weighted by Gasteiger charge is 2.56. The van der Waals surface area contributed by atoms with E-state index in [2.05, 4.69) is 41.5 Å². The second-order valence-electron chi connectivity index (χ2n) is 6.74. The van der Waals surface area contributed by atoms with Crippen LogP contribution >= 0.6 is 0 Å². The van der Waals surface area contributed by atoms with Gasteiger partial charge in [0, 0.05) is 5.41 Å². The highest BCUT2D eigenvalue weighted by atomic mass is 28.3. The summed E-state index contributed by atoms with van der Waals surface area (Å²) in [5.74, 6) is 1.30. The monoisotopic (exact) mass is 302 g/mol. The van der Waals surface area contributed by atoms with Gasteiger partial charge in [-0.15, -0.1) is 0 Å². The van der Waals surface area contributed by atoms with Gasteiger partial charge in [0.1, 0.15) is 0 Å². The van der Waals surface area contributed by atoms with Crippen molar-refractivity contribution in [3.05, 3.63) is 0 Å². The highest BCUT2D eigenvalue weighted by Crippen LogP contribution is 2.55. The Morgan fingerprint density at radius 2 is 1.25 bits per heavy atom. The third-order valence-corrected chi connectivity index (χ3v) is 6.35. The standard InChI is InChI=1S/C16H34O3Si/c1-9-12(4)16(13(5)10-2,14(6)11-3)15(7,8)19-20(17)18/h12-14,17H,9-11H2,1-8H3. The van der Waals surface area contributed by atoms with E-state index in [1.54, 1.807) is 0 Å². The van der Waals surface area contributed by atoms with Crippen LogP contribution in [0.25, 0.3) is 0 Å². The summed E-state index contributed by atoms with van der Waals surface area (Å²) in [5.41, 5.74) is -0.716. The molecular weight excluding hydrogens is 268 g/mol. The van der Waals surface area contributed by atoms with Crippen molar-refractivity contribution in [1.29, 1.82) is 0 Å². The molecular formula is C16H34O3Si. The first-order valence-electron chi connectivity index (χ1n) is 8.03. The lowest BCUT2D eigenvalue weighted by Gasteiger charge is -2.57. The maximum absolute atomic E-state index is 11.4. The Morgan fingerprint density at radius 1 is 0.950 bits per heavy atom. The lowest BCUT2D eigenvalue weighted by molar-refractivity contribution is -0.149. The Balaban J connectivity index is 6.03. The molecule has 0 heterocycles. The average molecular weight is 303 g/mol. The maximum atomic E-state index is 11.4. The summed E-state index contributed by atoms with van der Waals surface area (Å²) in [4.78, 5) is 9.34. The van der Waals surface area contributed by atoms with E-state index in [0.29, 0.717) is 17.8 Å². The molecule has 20 heavy (non-hydrogen) atoms. The molecule has 0 aromatic heterocycles. The molecule has 0 rings (SSSR count). The Morgan fingerprint density at radius 3 is 1.45 bits per heavy atom. The van der Waals surface area contributed by atoms with Crippen LogP contribution in [0.2, 0.25) is 0 Å². The first-order chi connectivity index (χ1) is 9.11. The minimum absolute atomic E-state index is 0.103. The molecule has 0 saturated heterocycles. The van der Waals surface area contributed by atoms with Crippen molar-refractivity contribution in [1.82, 2.24) is 0 Å². The largest absolute Gasteiger partial charge is 0.765 e. The van der Waals surface area contributed by atoms with Gasteiger partial charge in [-0.05, 0) is 31.6 Å². The van der Waals surface area contributed by atoms with Crippen molar-refractivity contribution in [2.24, 2.45) is 23.2 Å². The van der Waals surface area contributed by atoms with Gasteiger partial charge in [-0.25, -0.2) is 0 Å². The van der Waals surface area contributed by atoms with Gasteiger partial charge in [-0.1, -0.05) is 60.8 Å². The first-order valence-corrected chi connectivity index (χ1v) is 9.29. The molecule has 0 saturated carbocycles. The van der Waals surface area contributed by atoms with Crippen LogP contribution in [0.1, 0.15) is 74.7 Å². The molecule has 0 radical (unpaired) electrons. The van der Waals surface area contributed by atoms with Crippen LogP contribution in [0.5, 0.6) is 0 Å². The van der Waals surface area contributed by atoms with Crippen molar-refractivity contribution in [3.63, 3.8) is 0 Å². The zero-order chi connectivity index (χ0) is 16.1. The van der Waals surface area contributed by atoms with Crippen LogP contribution in [0.15, 0.2) is 0 Å². The van der Waals surface area contributed by atoms with Crippen LogP contribution in [0.4, 0.5) is 0 Å². The van der Waals surface area contributed by atoms with Gasteiger partial charge in [0.05, 0.1) is 5.60 Å². The normalized spacial score (nSPS) is 19.8.